The lowest BCUT2D eigenvalue weighted by atomic mass is 9.99. The van der Waals surface area contributed by atoms with Crippen LogP contribution in [0.4, 0.5) is 5.69 Å². The zero-order valence-corrected chi connectivity index (χ0v) is 13.1. The molecule has 1 unspecified atom stereocenters. The van der Waals surface area contributed by atoms with E-state index < -0.39 is 0 Å². The largest absolute Gasteiger partial charge is 0.492 e. The molecular weight excluding hydrogens is 264 g/mol. The molecule has 1 aliphatic rings. The van der Waals surface area contributed by atoms with Crippen LogP contribution in [0.1, 0.15) is 38.7 Å². The SMILES string of the molecule is CCOc1ccc(CCC(=O)N2CCCC(C)C2)cc1N. The van der Waals surface area contributed by atoms with Crippen molar-refractivity contribution in [3.63, 3.8) is 0 Å². The van der Waals surface area contributed by atoms with Crippen LogP contribution in [0.5, 0.6) is 5.75 Å². The zero-order chi connectivity index (χ0) is 15.2. The number of hydrogen-bond donors (Lipinski definition) is 1. The maximum Gasteiger partial charge on any atom is 0.222 e. The molecule has 116 valence electrons. The fourth-order valence-corrected chi connectivity index (χ4v) is 2.87. The summed E-state index contributed by atoms with van der Waals surface area (Å²) >= 11 is 0. The number of ether oxygens (including phenoxy) is 1. The van der Waals surface area contributed by atoms with Crippen LogP contribution >= 0.6 is 0 Å². The lowest BCUT2D eigenvalue weighted by Crippen LogP contribution is -2.39. The first kappa shape index (κ1) is 15.7. The molecule has 4 heteroatoms. The molecule has 0 radical (unpaired) electrons. The van der Waals surface area contributed by atoms with E-state index in [9.17, 15) is 4.79 Å². The highest BCUT2D eigenvalue weighted by Gasteiger charge is 2.20. The van der Waals surface area contributed by atoms with Crippen molar-refractivity contribution in [3.8, 4) is 5.75 Å². The lowest BCUT2D eigenvalue weighted by molar-refractivity contribution is -0.132. The second kappa shape index (κ2) is 7.34. The molecule has 1 heterocycles. The van der Waals surface area contributed by atoms with Gasteiger partial charge in [0, 0.05) is 19.5 Å². The number of hydrogen-bond acceptors (Lipinski definition) is 3. The van der Waals surface area contributed by atoms with Crippen molar-refractivity contribution in [2.75, 3.05) is 25.4 Å². The van der Waals surface area contributed by atoms with Crippen molar-refractivity contribution in [2.24, 2.45) is 5.92 Å². The molecule has 1 aromatic rings. The molecular formula is C17H26N2O2. The van der Waals surface area contributed by atoms with Crippen LogP contribution in [0, 0.1) is 5.92 Å². The summed E-state index contributed by atoms with van der Waals surface area (Å²) in [5, 5.41) is 0. The van der Waals surface area contributed by atoms with E-state index in [-0.39, 0.29) is 5.91 Å². The topological polar surface area (TPSA) is 55.6 Å². The van der Waals surface area contributed by atoms with Crippen LogP contribution in [-0.4, -0.2) is 30.5 Å². The van der Waals surface area contributed by atoms with Gasteiger partial charge in [0.2, 0.25) is 5.91 Å². The highest BCUT2D eigenvalue weighted by atomic mass is 16.5. The minimum absolute atomic E-state index is 0.258. The minimum Gasteiger partial charge on any atom is -0.492 e. The molecule has 1 aromatic carbocycles. The quantitative estimate of drug-likeness (QED) is 0.848. The average molecular weight is 290 g/mol. The van der Waals surface area contributed by atoms with Crippen molar-refractivity contribution in [1.29, 1.82) is 0 Å². The third-order valence-corrected chi connectivity index (χ3v) is 4.01. The number of amides is 1. The number of nitrogens with two attached hydrogens (primary N) is 1. The first-order valence-electron chi connectivity index (χ1n) is 7.89. The number of carbonyl (C=O) groups is 1. The molecule has 0 aromatic heterocycles. The fourth-order valence-electron chi connectivity index (χ4n) is 2.87. The lowest BCUT2D eigenvalue weighted by Gasteiger charge is -2.31. The van der Waals surface area contributed by atoms with Gasteiger partial charge in [-0.2, -0.15) is 0 Å². The summed E-state index contributed by atoms with van der Waals surface area (Å²) in [4.78, 5) is 14.2. The van der Waals surface area contributed by atoms with Gasteiger partial charge in [-0.1, -0.05) is 13.0 Å². The number of anilines is 1. The third kappa shape index (κ3) is 4.38. The van der Waals surface area contributed by atoms with Crippen LogP contribution in [0.15, 0.2) is 18.2 Å². The maximum absolute atomic E-state index is 12.2. The smallest absolute Gasteiger partial charge is 0.222 e. The number of aryl methyl sites for hydroxylation is 1. The first-order valence-corrected chi connectivity index (χ1v) is 7.89. The molecule has 1 amide bonds. The Morgan fingerprint density at radius 1 is 1.48 bits per heavy atom. The van der Waals surface area contributed by atoms with Crippen molar-refractivity contribution in [3.05, 3.63) is 23.8 Å². The predicted molar refractivity (Wildman–Crippen MR) is 85.3 cm³/mol. The Balaban J connectivity index is 1.87. The van der Waals surface area contributed by atoms with Gasteiger partial charge < -0.3 is 15.4 Å². The second-order valence-electron chi connectivity index (χ2n) is 5.89. The zero-order valence-electron chi connectivity index (χ0n) is 13.1. The molecule has 0 aliphatic carbocycles. The maximum atomic E-state index is 12.2. The number of likely N-dealkylation sites (tertiary alicyclic amines) is 1. The van der Waals surface area contributed by atoms with E-state index in [1.807, 2.05) is 30.0 Å². The van der Waals surface area contributed by atoms with Crippen molar-refractivity contribution in [2.45, 2.75) is 39.5 Å². The summed E-state index contributed by atoms with van der Waals surface area (Å²) in [6, 6.07) is 5.80. The Kier molecular flexibility index (Phi) is 5.48. The van der Waals surface area contributed by atoms with Gasteiger partial charge in [-0.25, -0.2) is 0 Å². The summed E-state index contributed by atoms with van der Waals surface area (Å²) in [5.74, 6) is 1.61. The highest BCUT2D eigenvalue weighted by molar-refractivity contribution is 5.76. The van der Waals surface area contributed by atoms with Crippen molar-refractivity contribution in [1.82, 2.24) is 4.90 Å². The Morgan fingerprint density at radius 3 is 2.95 bits per heavy atom. The Morgan fingerprint density at radius 2 is 2.29 bits per heavy atom. The van der Waals surface area contributed by atoms with E-state index >= 15 is 0 Å². The van der Waals surface area contributed by atoms with Gasteiger partial charge >= 0.3 is 0 Å². The van der Waals surface area contributed by atoms with Gasteiger partial charge in [0.1, 0.15) is 5.75 Å². The molecule has 1 aliphatic heterocycles. The van der Waals surface area contributed by atoms with Crippen LogP contribution < -0.4 is 10.5 Å². The molecule has 4 nitrogen and oxygen atoms in total. The molecule has 21 heavy (non-hydrogen) atoms. The number of piperidine rings is 1. The normalized spacial score (nSPS) is 18.6. The summed E-state index contributed by atoms with van der Waals surface area (Å²) in [6.07, 6.45) is 3.66. The van der Waals surface area contributed by atoms with Crippen LogP contribution in [0.3, 0.4) is 0 Å². The van der Waals surface area contributed by atoms with E-state index in [0.717, 1.165) is 37.2 Å². The summed E-state index contributed by atoms with van der Waals surface area (Å²) in [5.41, 5.74) is 7.69. The molecule has 0 bridgehead atoms. The van der Waals surface area contributed by atoms with Gasteiger partial charge in [-0.3, -0.25) is 4.79 Å². The summed E-state index contributed by atoms with van der Waals surface area (Å²) in [7, 11) is 0. The van der Waals surface area contributed by atoms with Crippen LogP contribution in [-0.2, 0) is 11.2 Å². The molecule has 1 saturated heterocycles. The predicted octanol–water partition coefficient (Wildman–Crippen LogP) is 2.86. The number of rotatable bonds is 5. The highest BCUT2D eigenvalue weighted by Crippen LogP contribution is 2.23. The molecule has 1 atom stereocenters. The van der Waals surface area contributed by atoms with Crippen LogP contribution in [0.2, 0.25) is 0 Å². The Hall–Kier alpha value is -1.71. The monoisotopic (exact) mass is 290 g/mol. The fraction of sp³-hybridized carbons (Fsp3) is 0.588. The number of carbonyl (C=O) groups excluding carboxylic acids is 1. The van der Waals surface area contributed by atoms with Crippen molar-refractivity contribution >= 4 is 11.6 Å². The van der Waals surface area contributed by atoms with E-state index in [0.29, 0.717) is 24.6 Å². The van der Waals surface area contributed by atoms with Crippen molar-refractivity contribution < 1.29 is 9.53 Å². The first-order chi connectivity index (χ1) is 10.1. The van der Waals surface area contributed by atoms with Gasteiger partial charge in [0.05, 0.1) is 12.3 Å². The summed E-state index contributed by atoms with van der Waals surface area (Å²) < 4.78 is 5.42. The van der Waals surface area contributed by atoms with Gasteiger partial charge in [-0.05, 0) is 49.8 Å². The van der Waals surface area contributed by atoms with E-state index in [1.54, 1.807) is 0 Å². The number of benzene rings is 1. The van der Waals surface area contributed by atoms with Gasteiger partial charge in [-0.15, -0.1) is 0 Å². The molecule has 2 rings (SSSR count). The molecule has 1 fully saturated rings. The third-order valence-electron chi connectivity index (χ3n) is 4.01. The Bertz CT molecular complexity index is 488. The van der Waals surface area contributed by atoms with E-state index in [1.165, 1.54) is 6.42 Å². The standard InChI is InChI=1S/C17H26N2O2/c1-3-21-16-8-6-14(11-15(16)18)7-9-17(20)19-10-4-5-13(2)12-19/h6,8,11,13H,3-5,7,9-10,12,18H2,1-2H3. The average Bonchev–Trinajstić information content (AvgIpc) is 2.47. The summed E-state index contributed by atoms with van der Waals surface area (Å²) in [6.45, 7) is 6.58. The number of nitrogens with zero attached hydrogens (tertiary/aromatic N) is 1. The second-order valence-corrected chi connectivity index (χ2v) is 5.89. The Labute approximate surface area is 127 Å². The minimum atomic E-state index is 0.258. The van der Waals surface area contributed by atoms with Gasteiger partial charge in [0.25, 0.3) is 0 Å². The molecule has 0 saturated carbocycles. The van der Waals surface area contributed by atoms with Gasteiger partial charge in [0.15, 0.2) is 0 Å². The van der Waals surface area contributed by atoms with Crippen LogP contribution in [0.25, 0.3) is 0 Å². The van der Waals surface area contributed by atoms with E-state index in [4.69, 9.17) is 10.5 Å². The van der Waals surface area contributed by atoms with E-state index in [2.05, 4.69) is 6.92 Å². The molecule has 2 N–H and O–H groups in total. The molecule has 0 spiro atoms. The number of nitrogen functional groups attached to an aromatic ring is 1.